The van der Waals surface area contributed by atoms with E-state index in [1.54, 1.807) is 0 Å². The first-order chi connectivity index (χ1) is 33.2. The number of rotatable bonds is 7. The predicted molar refractivity (Wildman–Crippen MR) is 284 cm³/mol. The van der Waals surface area contributed by atoms with Crippen LogP contribution in [0.4, 0.5) is 17.1 Å². The molecular weight excluding hydrogens is 813 g/mol. The highest BCUT2D eigenvalue weighted by molar-refractivity contribution is 6.24. The molecule has 0 radical (unpaired) electrons. The topological polar surface area (TPSA) is 20.8 Å². The van der Waals surface area contributed by atoms with Crippen molar-refractivity contribution in [2.45, 2.75) is 0 Å². The van der Waals surface area contributed by atoms with Gasteiger partial charge in [-0.15, -0.1) is 0 Å². The Morgan fingerprint density at radius 3 is 1.54 bits per heavy atom. The van der Waals surface area contributed by atoms with Crippen molar-refractivity contribution in [1.82, 2.24) is 4.40 Å². The summed E-state index contributed by atoms with van der Waals surface area (Å²) in [4.78, 5) is 2.36. The van der Waals surface area contributed by atoms with E-state index in [2.05, 4.69) is 228 Å². The number of nitrogens with zero attached hydrogens (tertiary/aromatic N) is 2. The molecular formula is C64H40N2O. The molecule has 312 valence electrons. The van der Waals surface area contributed by atoms with Crippen LogP contribution in [0.2, 0.25) is 0 Å². The van der Waals surface area contributed by atoms with Crippen LogP contribution in [0.1, 0.15) is 5.56 Å². The second-order valence-electron chi connectivity index (χ2n) is 17.7. The van der Waals surface area contributed by atoms with Gasteiger partial charge in [0.1, 0.15) is 11.2 Å². The van der Waals surface area contributed by atoms with Crippen LogP contribution in [0, 0.1) is 0 Å². The van der Waals surface area contributed by atoms with Crippen LogP contribution in [0.3, 0.4) is 0 Å². The maximum Gasteiger partial charge on any atom is 0.136 e. The molecule has 0 saturated heterocycles. The van der Waals surface area contributed by atoms with Crippen LogP contribution in [0.15, 0.2) is 235 Å². The van der Waals surface area contributed by atoms with E-state index in [9.17, 15) is 0 Å². The smallest absolute Gasteiger partial charge is 0.136 e. The van der Waals surface area contributed by atoms with Gasteiger partial charge in [0.15, 0.2) is 0 Å². The van der Waals surface area contributed by atoms with E-state index >= 15 is 0 Å². The lowest BCUT2D eigenvalue weighted by atomic mass is 9.91. The highest BCUT2D eigenvalue weighted by atomic mass is 16.3. The second kappa shape index (κ2) is 14.5. The monoisotopic (exact) mass is 852 g/mol. The minimum absolute atomic E-state index is 0.895. The van der Waals surface area contributed by atoms with Crippen LogP contribution in [-0.2, 0) is 0 Å². The molecule has 3 heterocycles. The molecule has 0 aliphatic heterocycles. The lowest BCUT2D eigenvalue weighted by Gasteiger charge is -2.26. The normalized spacial score (nSPS) is 11.9. The molecule has 0 fully saturated rings. The average Bonchev–Trinajstić information content (AvgIpc) is 4.06. The van der Waals surface area contributed by atoms with Crippen molar-refractivity contribution in [2.24, 2.45) is 0 Å². The summed E-state index contributed by atoms with van der Waals surface area (Å²) in [5.41, 5.74) is 16.9. The molecule has 0 bridgehead atoms. The third-order valence-corrected chi connectivity index (χ3v) is 14.1. The van der Waals surface area contributed by atoms with Gasteiger partial charge in [-0.1, -0.05) is 158 Å². The van der Waals surface area contributed by atoms with Crippen molar-refractivity contribution in [1.29, 1.82) is 0 Å². The summed E-state index contributed by atoms with van der Waals surface area (Å²) in [6.45, 7) is 4.31. The van der Waals surface area contributed by atoms with Crippen LogP contribution in [0.25, 0.3) is 121 Å². The van der Waals surface area contributed by atoms with Gasteiger partial charge in [-0.3, -0.25) is 0 Å². The van der Waals surface area contributed by atoms with E-state index in [4.69, 9.17) is 4.42 Å². The molecule has 3 heteroatoms. The van der Waals surface area contributed by atoms with Gasteiger partial charge < -0.3 is 13.7 Å². The zero-order valence-electron chi connectivity index (χ0n) is 36.4. The van der Waals surface area contributed by atoms with E-state index < -0.39 is 0 Å². The molecule has 0 atom stereocenters. The van der Waals surface area contributed by atoms with E-state index in [-0.39, 0.29) is 0 Å². The van der Waals surface area contributed by atoms with E-state index in [0.29, 0.717) is 0 Å². The van der Waals surface area contributed by atoms with Gasteiger partial charge in [0.2, 0.25) is 0 Å². The molecule has 0 N–H and O–H groups in total. The number of anilines is 3. The van der Waals surface area contributed by atoms with Gasteiger partial charge >= 0.3 is 0 Å². The van der Waals surface area contributed by atoms with E-state index in [1.165, 1.54) is 70.8 Å². The van der Waals surface area contributed by atoms with Gasteiger partial charge in [0, 0.05) is 49.4 Å². The molecule has 3 aromatic heterocycles. The quantitative estimate of drug-likeness (QED) is 0.149. The van der Waals surface area contributed by atoms with Gasteiger partial charge in [-0.25, -0.2) is 0 Å². The number of para-hydroxylation sites is 3. The van der Waals surface area contributed by atoms with Crippen molar-refractivity contribution in [2.75, 3.05) is 4.90 Å². The Kier molecular flexibility index (Phi) is 8.13. The summed E-state index contributed by atoms with van der Waals surface area (Å²) in [7, 11) is 0. The predicted octanol–water partition coefficient (Wildman–Crippen LogP) is 18.2. The number of hydrogen-bond donors (Lipinski definition) is 0. The summed E-state index contributed by atoms with van der Waals surface area (Å²) in [6, 6.07) is 81.6. The Morgan fingerprint density at radius 2 is 0.881 bits per heavy atom. The van der Waals surface area contributed by atoms with Crippen LogP contribution >= 0.6 is 0 Å². The summed E-state index contributed by atoms with van der Waals surface area (Å²) < 4.78 is 8.72. The highest BCUT2D eigenvalue weighted by Crippen LogP contribution is 2.44. The lowest BCUT2D eigenvalue weighted by Crippen LogP contribution is -2.09. The molecule has 14 aromatic rings. The summed E-state index contributed by atoms with van der Waals surface area (Å²) in [5, 5.41) is 12.3. The number of benzene rings is 11. The Balaban J connectivity index is 0.879. The first kappa shape index (κ1) is 37.5. The largest absolute Gasteiger partial charge is 0.456 e. The molecule has 0 aliphatic carbocycles. The molecule has 67 heavy (non-hydrogen) atoms. The summed E-state index contributed by atoms with van der Waals surface area (Å²) in [6.07, 6.45) is 2.02. The number of furan rings is 1. The number of aromatic nitrogens is 1. The zero-order valence-corrected chi connectivity index (χ0v) is 36.4. The van der Waals surface area contributed by atoms with Gasteiger partial charge in [0.25, 0.3) is 0 Å². The maximum atomic E-state index is 6.28. The average molecular weight is 853 g/mol. The van der Waals surface area contributed by atoms with Gasteiger partial charge in [-0.05, 0) is 139 Å². The fourth-order valence-electron chi connectivity index (χ4n) is 11.0. The van der Waals surface area contributed by atoms with Crippen LogP contribution in [0.5, 0.6) is 0 Å². The van der Waals surface area contributed by atoms with Crippen molar-refractivity contribution in [3.8, 4) is 33.4 Å². The zero-order chi connectivity index (χ0) is 44.2. The third-order valence-electron chi connectivity index (χ3n) is 14.1. The molecule has 0 amide bonds. The lowest BCUT2D eigenvalue weighted by molar-refractivity contribution is 0.669. The summed E-state index contributed by atoms with van der Waals surface area (Å²) in [5.74, 6) is 0. The maximum absolute atomic E-state index is 6.28. The molecule has 0 unspecified atom stereocenters. The number of hydrogen-bond acceptors (Lipinski definition) is 2. The molecule has 0 aliphatic rings. The van der Waals surface area contributed by atoms with Gasteiger partial charge in [-0.2, -0.15) is 0 Å². The van der Waals surface area contributed by atoms with Crippen LogP contribution in [-0.4, -0.2) is 4.40 Å². The number of fused-ring (bicyclic) bond motifs is 12. The Labute approximate surface area is 386 Å². The molecule has 0 spiro atoms. The molecule has 0 saturated carbocycles. The Morgan fingerprint density at radius 1 is 0.373 bits per heavy atom. The fraction of sp³-hybridized carbons (Fsp3) is 0. The molecule has 11 aromatic carbocycles. The van der Waals surface area contributed by atoms with Crippen molar-refractivity contribution >= 4 is 105 Å². The SMILES string of the molecule is C=Cc1c(-c2ccc(N(c3ccc(-c4ccc5c(c4)oc4ccccc45)cc3)c3ccc(-c4cc5c6ccccc6n6c7ccccc7c(c4)c56)cc3)cc2)ccc2ccc3ccccc3c12. The van der Waals surface area contributed by atoms with Crippen molar-refractivity contribution < 1.29 is 4.42 Å². The van der Waals surface area contributed by atoms with E-state index in [0.717, 1.165) is 66.8 Å². The Hall–Kier alpha value is -8.92. The minimum Gasteiger partial charge on any atom is -0.456 e. The van der Waals surface area contributed by atoms with Crippen LogP contribution < -0.4 is 4.90 Å². The molecule has 14 rings (SSSR count). The standard InChI is InChI=1S/C64H40N2O/c1-2-50-51(35-27-44-20-19-42-11-3-4-12-52(42)63(44)50)43-25-33-49(34-26-43)65(47-29-21-40(22-30-47)45-28-36-56-55-15-7-10-18-61(55)67-62(56)39-45)48-31-23-41(24-32-48)46-37-57-53-13-5-8-16-59(53)66-60-17-9-6-14-54(60)58(38-46)64(57)66/h2-39H,1H2. The second-order valence-corrected chi connectivity index (χ2v) is 17.7. The fourth-order valence-corrected chi connectivity index (χ4v) is 11.0. The molecule has 3 nitrogen and oxygen atoms in total. The Bertz CT molecular complexity index is 4180. The van der Waals surface area contributed by atoms with E-state index in [1.807, 2.05) is 18.2 Å². The van der Waals surface area contributed by atoms with Crippen molar-refractivity contribution in [3.63, 3.8) is 0 Å². The van der Waals surface area contributed by atoms with Gasteiger partial charge in [0.05, 0.1) is 16.6 Å². The highest BCUT2D eigenvalue weighted by Gasteiger charge is 2.20. The van der Waals surface area contributed by atoms with Crippen molar-refractivity contribution in [3.05, 3.63) is 237 Å². The first-order valence-electron chi connectivity index (χ1n) is 22.9. The summed E-state index contributed by atoms with van der Waals surface area (Å²) >= 11 is 0. The first-order valence-corrected chi connectivity index (χ1v) is 22.9. The minimum atomic E-state index is 0.895. The third kappa shape index (κ3) is 5.71.